The maximum atomic E-state index is 12.3. The van der Waals surface area contributed by atoms with Gasteiger partial charge in [-0.25, -0.2) is 13.1 Å². The van der Waals surface area contributed by atoms with Gasteiger partial charge < -0.3 is 10.6 Å². The molecule has 3 heterocycles. The molecule has 0 fully saturated rings. The van der Waals surface area contributed by atoms with Crippen LogP contribution in [0.3, 0.4) is 0 Å². The first-order valence-corrected chi connectivity index (χ1v) is 10.2. The fourth-order valence-corrected chi connectivity index (χ4v) is 4.28. The average molecular weight is 391 g/mol. The molecule has 2 amide bonds. The molecule has 0 aromatic carbocycles. The third kappa shape index (κ3) is 4.16. The fraction of sp³-hybridized carbons (Fsp3) is 0.412. The largest absolute Gasteiger partial charge is 0.344 e. The number of pyridine rings is 1. The van der Waals surface area contributed by atoms with E-state index in [1.54, 1.807) is 29.2 Å². The summed E-state index contributed by atoms with van der Waals surface area (Å²) >= 11 is 0. The van der Waals surface area contributed by atoms with Crippen LogP contribution in [0.2, 0.25) is 0 Å². The Morgan fingerprint density at radius 2 is 1.81 bits per heavy atom. The van der Waals surface area contributed by atoms with E-state index >= 15 is 0 Å². The first kappa shape index (κ1) is 19.0. The van der Waals surface area contributed by atoms with Crippen LogP contribution in [-0.4, -0.2) is 35.0 Å². The zero-order chi connectivity index (χ0) is 19.8. The lowest BCUT2D eigenvalue weighted by atomic mass is 10.1. The van der Waals surface area contributed by atoms with Crippen LogP contribution in [0, 0.1) is 0 Å². The van der Waals surface area contributed by atoms with Crippen LogP contribution in [0.5, 0.6) is 0 Å². The summed E-state index contributed by atoms with van der Waals surface area (Å²) in [5.41, 5.74) is 1.17. The number of carbonyl (C=O) groups is 2. The molecule has 144 valence electrons. The quantitative estimate of drug-likeness (QED) is 0.743. The number of carbonyl (C=O) groups excluding carboxylic acids is 2. The molecule has 0 spiro atoms. The molecule has 0 atom stereocenters. The summed E-state index contributed by atoms with van der Waals surface area (Å²) < 4.78 is 25.3. The van der Waals surface area contributed by atoms with Gasteiger partial charge in [-0.1, -0.05) is 0 Å². The van der Waals surface area contributed by atoms with Crippen molar-refractivity contribution in [3.63, 3.8) is 0 Å². The van der Waals surface area contributed by atoms with Gasteiger partial charge in [0.15, 0.2) is 9.84 Å². The highest BCUT2D eigenvalue weighted by atomic mass is 32.2. The van der Waals surface area contributed by atoms with Crippen LogP contribution in [0.4, 0.5) is 5.82 Å². The summed E-state index contributed by atoms with van der Waals surface area (Å²) in [5, 5.41) is 9.42. The summed E-state index contributed by atoms with van der Waals surface area (Å²) in [4.78, 5) is 28.4. The Morgan fingerprint density at radius 1 is 1.15 bits per heavy atom. The average Bonchev–Trinajstić information content (AvgIpc) is 3.06. The molecule has 9 nitrogen and oxygen atoms in total. The van der Waals surface area contributed by atoms with Gasteiger partial charge in [0.1, 0.15) is 5.82 Å². The molecule has 0 saturated carbocycles. The molecular formula is C17H21N5O4S. The zero-order valence-corrected chi connectivity index (χ0v) is 16.1. The number of rotatable bonds is 3. The van der Waals surface area contributed by atoms with E-state index in [4.69, 9.17) is 0 Å². The molecule has 1 aliphatic rings. The number of aromatic nitrogens is 3. The number of sulfone groups is 1. The Morgan fingerprint density at radius 3 is 2.44 bits per heavy atom. The molecule has 2 aromatic rings. The maximum absolute atomic E-state index is 12.3. The van der Waals surface area contributed by atoms with Gasteiger partial charge in [-0.05, 0) is 38.5 Å². The summed E-state index contributed by atoms with van der Waals surface area (Å²) in [7, 11) is -3.28. The zero-order valence-electron chi connectivity index (χ0n) is 15.3. The second-order valence-electron chi connectivity index (χ2n) is 7.38. The molecule has 0 saturated heterocycles. The molecule has 2 aromatic heterocycles. The molecule has 3 rings (SSSR count). The van der Waals surface area contributed by atoms with E-state index in [0.29, 0.717) is 11.3 Å². The van der Waals surface area contributed by atoms with E-state index in [9.17, 15) is 18.0 Å². The summed E-state index contributed by atoms with van der Waals surface area (Å²) in [6.45, 7) is 5.81. The maximum Gasteiger partial charge on any atom is 0.314 e. The Bertz CT molecular complexity index is 990. The van der Waals surface area contributed by atoms with E-state index in [1.165, 1.54) is 0 Å². The lowest BCUT2D eigenvalue weighted by Gasteiger charge is -2.23. The van der Waals surface area contributed by atoms with E-state index in [0.717, 1.165) is 5.56 Å². The molecule has 0 aliphatic carbocycles. The van der Waals surface area contributed by atoms with Crippen molar-refractivity contribution in [1.82, 2.24) is 20.1 Å². The van der Waals surface area contributed by atoms with Gasteiger partial charge in [-0.15, -0.1) is 0 Å². The molecule has 10 heteroatoms. The predicted molar refractivity (Wildman–Crippen MR) is 98.3 cm³/mol. The minimum Gasteiger partial charge on any atom is -0.344 e. The monoisotopic (exact) mass is 391 g/mol. The van der Waals surface area contributed by atoms with Crippen molar-refractivity contribution in [3.05, 3.63) is 41.3 Å². The van der Waals surface area contributed by atoms with Gasteiger partial charge in [-0.3, -0.25) is 14.6 Å². The Labute approximate surface area is 157 Å². The first-order chi connectivity index (χ1) is 12.6. The first-order valence-electron chi connectivity index (χ1n) is 8.36. The fourth-order valence-electron chi connectivity index (χ4n) is 2.78. The van der Waals surface area contributed by atoms with Crippen molar-refractivity contribution in [1.29, 1.82) is 0 Å². The van der Waals surface area contributed by atoms with Crippen LogP contribution < -0.4 is 10.6 Å². The van der Waals surface area contributed by atoms with E-state index in [2.05, 4.69) is 20.7 Å². The van der Waals surface area contributed by atoms with Crippen molar-refractivity contribution < 1.29 is 18.0 Å². The number of anilines is 1. The molecule has 0 bridgehead atoms. The highest BCUT2D eigenvalue weighted by Gasteiger charge is 2.35. The van der Waals surface area contributed by atoms with E-state index < -0.39 is 27.2 Å². The molecular weight excluding hydrogens is 370 g/mol. The van der Waals surface area contributed by atoms with Crippen molar-refractivity contribution in [3.8, 4) is 0 Å². The highest BCUT2D eigenvalue weighted by molar-refractivity contribution is 7.90. The van der Waals surface area contributed by atoms with Crippen molar-refractivity contribution >= 4 is 27.5 Å². The second-order valence-corrected chi connectivity index (χ2v) is 9.45. The lowest BCUT2D eigenvalue weighted by molar-refractivity contribution is -0.136. The Hall–Kier alpha value is -2.75. The van der Waals surface area contributed by atoms with Crippen LogP contribution in [0.15, 0.2) is 24.5 Å². The summed E-state index contributed by atoms with van der Waals surface area (Å²) in [5.74, 6) is -1.80. The van der Waals surface area contributed by atoms with E-state index in [-0.39, 0.29) is 23.9 Å². The van der Waals surface area contributed by atoms with Crippen LogP contribution in [0.1, 0.15) is 37.6 Å². The number of fused-ring (bicyclic) bond motifs is 1. The smallest absolute Gasteiger partial charge is 0.314 e. The van der Waals surface area contributed by atoms with Crippen molar-refractivity contribution in [2.24, 2.45) is 0 Å². The molecule has 0 unspecified atom stereocenters. The Balaban J connectivity index is 1.78. The summed E-state index contributed by atoms with van der Waals surface area (Å²) in [6.07, 6.45) is 3.18. The molecule has 27 heavy (non-hydrogen) atoms. The van der Waals surface area contributed by atoms with Gasteiger partial charge >= 0.3 is 11.8 Å². The van der Waals surface area contributed by atoms with Crippen molar-refractivity contribution in [2.45, 2.75) is 44.4 Å². The van der Waals surface area contributed by atoms with E-state index in [1.807, 2.05) is 20.8 Å². The summed E-state index contributed by atoms with van der Waals surface area (Å²) in [6, 6.07) is 3.45. The topological polar surface area (TPSA) is 123 Å². The van der Waals surface area contributed by atoms with Crippen LogP contribution in [0.25, 0.3) is 0 Å². The van der Waals surface area contributed by atoms with Gasteiger partial charge in [-0.2, -0.15) is 5.10 Å². The molecule has 2 N–H and O–H groups in total. The number of nitrogens with one attached hydrogen (secondary N) is 2. The standard InChI is InChI=1S/C17H21N5O4S/c1-17(2,3)22-14(12-9-27(25,26)10-13(12)21-22)20-16(24)15(23)19-8-11-4-6-18-7-5-11/h4-7H,8-10H2,1-3H3,(H,19,23)(H,20,24). The number of amides is 2. The van der Waals surface area contributed by atoms with Crippen LogP contribution in [-0.2, 0) is 43.0 Å². The third-order valence-corrected chi connectivity index (χ3v) is 5.51. The number of hydrogen-bond acceptors (Lipinski definition) is 6. The SMILES string of the molecule is CC(C)(C)n1nc2c(c1NC(=O)C(=O)NCc1ccncc1)CS(=O)(=O)C2. The van der Waals surface area contributed by atoms with Crippen LogP contribution >= 0.6 is 0 Å². The van der Waals surface area contributed by atoms with Crippen molar-refractivity contribution in [2.75, 3.05) is 5.32 Å². The van der Waals surface area contributed by atoms with Gasteiger partial charge in [0, 0.05) is 24.5 Å². The Kier molecular flexibility index (Phi) is 4.77. The minimum absolute atomic E-state index is 0.164. The van der Waals surface area contributed by atoms with Gasteiger partial charge in [0.05, 0.1) is 22.7 Å². The molecule has 1 aliphatic heterocycles. The third-order valence-electron chi connectivity index (χ3n) is 4.06. The number of nitrogens with zero attached hydrogens (tertiary/aromatic N) is 3. The molecule has 0 radical (unpaired) electrons. The highest BCUT2D eigenvalue weighted by Crippen LogP contribution is 2.34. The van der Waals surface area contributed by atoms with Gasteiger partial charge in [0.2, 0.25) is 0 Å². The normalized spacial score (nSPS) is 15.2. The van der Waals surface area contributed by atoms with Gasteiger partial charge in [0.25, 0.3) is 0 Å². The second kappa shape index (κ2) is 6.76. The predicted octanol–water partition coefficient (Wildman–Crippen LogP) is 0.716. The minimum atomic E-state index is -3.28. The lowest BCUT2D eigenvalue weighted by Crippen LogP contribution is -2.37. The number of hydrogen-bond donors (Lipinski definition) is 2.